The minimum Gasteiger partial charge on any atom is -0.382 e. The molecule has 114 valence electrons. The average Bonchev–Trinajstić information content (AvgIpc) is 3.03. The Balaban J connectivity index is 1.69. The predicted octanol–water partition coefficient (Wildman–Crippen LogP) is 2.93. The first-order valence-corrected chi connectivity index (χ1v) is 7.76. The topological polar surface area (TPSA) is 115 Å². The highest BCUT2D eigenvalue weighted by atomic mass is 35.5. The van der Waals surface area contributed by atoms with Gasteiger partial charge in [0.2, 0.25) is 0 Å². The van der Waals surface area contributed by atoms with E-state index in [1.807, 2.05) is 6.07 Å². The summed E-state index contributed by atoms with van der Waals surface area (Å²) in [6.45, 7) is 0. The summed E-state index contributed by atoms with van der Waals surface area (Å²) in [4.78, 5) is 12.4. The van der Waals surface area contributed by atoms with E-state index < -0.39 is 0 Å². The third kappa shape index (κ3) is 3.59. The molecular weight excluding hydrogens is 336 g/mol. The zero-order chi connectivity index (χ0) is 16.2. The SMILES string of the molecule is N#Cc1cnc(SCc2noc(-c3ccc(Cl)cc3)n2)nc1N. The molecular formula is C14H9ClN6OS. The van der Waals surface area contributed by atoms with Gasteiger partial charge in [0.05, 0.1) is 11.9 Å². The summed E-state index contributed by atoms with van der Waals surface area (Å²) in [5, 5.41) is 13.8. The Morgan fingerprint density at radius 2 is 2.04 bits per heavy atom. The van der Waals surface area contributed by atoms with Gasteiger partial charge in [-0.2, -0.15) is 10.2 Å². The maximum atomic E-state index is 8.79. The highest BCUT2D eigenvalue weighted by Gasteiger charge is 2.11. The van der Waals surface area contributed by atoms with E-state index in [-0.39, 0.29) is 11.4 Å². The lowest BCUT2D eigenvalue weighted by molar-refractivity contribution is 0.425. The van der Waals surface area contributed by atoms with Crippen molar-refractivity contribution in [3.8, 4) is 17.5 Å². The van der Waals surface area contributed by atoms with E-state index >= 15 is 0 Å². The Hall–Kier alpha value is -2.63. The second-order valence-corrected chi connectivity index (χ2v) is 5.75. The molecule has 1 aromatic carbocycles. The van der Waals surface area contributed by atoms with Gasteiger partial charge in [-0.25, -0.2) is 9.97 Å². The normalized spacial score (nSPS) is 10.4. The standard InChI is InChI=1S/C14H9ClN6OS/c15-10-3-1-8(2-4-10)13-19-11(21-22-13)7-23-14-18-6-9(5-16)12(17)20-14/h1-4,6H,7H2,(H2,17,18,20). The smallest absolute Gasteiger partial charge is 0.257 e. The molecule has 7 nitrogen and oxygen atoms in total. The molecule has 23 heavy (non-hydrogen) atoms. The van der Waals surface area contributed by atoms with Crippen LogP contribution in [0.25, 0.3) is 11.5 Å². The molecule has 0 fully saturated rings. The number of rotatable bonds is 4. The fourth-order valence-corrected chi connectivity index (χ4v) is 2.48. The van der Waals surface area contributed by atoms with Crippen molar-refractivity contribution in [2.45, 2.75) is 10.9 Å². The Morgan fingerprint density at radius 1 is 1.26 bits per heavy atom. The van der Waals surface area contributed by atoms with Crippen LogP contribution in [-0.2, 0) is 5.75 Å². The first-order valence-electron chi connectivity index (χ1n) is 6.39. The fraction of sp³-hybridized carbons (Fsp3) is 0.0714. The molecule has 0 radical (unpaired) electrons. The highest BCUT2D eigenvalue weighted by Crippen LogP contribution is 2.23. The van der Waals surface area contributed by atoms with E-state index in [0.717, 1.165) is 5.56 Å². The highest BCUT2D eigenvalue weighted by molar-refractivity contribution is 7.98. The molecule has 0 unspecified atom stereocenters. The first kappa shape index (κ1) is 15.3. The van der Waals surface area contributed by atoms with E-state index in [1.165, 1.54) is 18.0 Å². The summed E-state index contributed by atoms with van der Waals surface area (Å²) >= 11 is 7.14. The number of halogens is 1. The molecule has 2 N–H and O–H groups in total. The number of aromatic nitrogens is 4. The van der Waals surface area contributed by atoms with Gasteiger partial charge in [0.15, 0.2) is 11.0 Å². The number of nitriles is 1. The third-order valence-electron chi connectivity index (χ3n) is 2.81. The molecule has 0 amide bonds. The summed E-state index contributed by atoms with van der Waals surface area (Å²) in [7, 11) is 0. The van der Waals surface area contributed by atoms with Gasteiger partial charge < -0.3 is 10.3 Å². The van der Waals surface area contributed by atoms with Crippen molar-refractivity contribution < 1.29 is 4.52 Å². The molecule has 0 aliphatic rings. The molecule has 0 spiro atoms. The van der Waals surface area contributed by atoms with Gasteiger partial charge in [-0.15, -0.1) is 0 Å². The van der Waals surface area contributed by atoms with Crippen LogP contribution in [0.5, 0.6) is 0 Å². The number of hydrogen-bond donors (Lipinski definition) is 1. The molecule has 3 rings (SSSR count). The molecule has 0 aliphatic carbocycles. The molecule has 0 saturated carbocycles. The Labute approximate surface area is 140 Å². The van der Waals surface area contributed by atoms with Crippen molar-refractivity contribution >= 4 is 29.2 Å². The van der Waals surface area contributed by atoms with E-state index in [0.29, 0.717) is 27.6 Å². The minimum absolute atomic E-state index is 0.153. The Kier molecular flexibility index (Phi) is 4.41. The number of thioether (sulfide) groups is 1. The van der Waals surface area contributed by atoms with Crippen molar-refractivity contribution in [1.82, 2.24) is 20.1 Å². The maximum Gasteiger partial charge on any atom is 0.257 e. The summed E-state index contributed by atoms with van der Waals surface area (Å²) in [5.41, 5.74) is 6.68. The predicted molar refractivity (Wildman–Crippen MR) is 85.5 cm³/mol. The van der Waals surface area contributed by atoms with Gasteiger partial charge in [-0.3, -0.25) is 0 Å². The van der Waals surface area contributed by atoms with Crippen molar-refractivity contribution in [2.75, 3.05) is 5.73 Å². The number of nitrogen functional groups attached to an aromatic ring is 1. The maximum absolute atomic E-state index is 8.79. The van der Waals surface area contributed by atoms with Crippen molar-refractivity contribution in [3.63, 3.8) is 0 Å². The second kappa shape index (κ2) is 6.64. The first-order chi connectivity index (χ1) is 11.2. The third-order valence-corrected chi connectivity index (χ3v) is 3.92. The van der Waals surface area contributed by atoms with Crippen LogP contribution in [0, 0.1) is 11.3 Å². The van der Waals surface area contributed by atoms with Crippen molar-refractivity contribution in [2.24, 2.45) is 0 Å². The molecule has 0 aliphatic heterocycles. The zero-order valence-electron chi connectivity index (χ0n) is 11.6. The van der Waals surface area contributed by atoms with Crippen molar-refractivity contribution in [1.29, 1.82) is 5.26 Å². The zero-order valence-corrected chi connectivity index (χ0v) is 13.2. The monoisotopic (exact) mass is 344 g/mol. The van der Waals surface area contributed by atoms with Crippen LogP contribution >= 0.6 is 23.4 Å². The molecule has 9 heteroatoms. The van der Waals surface area contributed by atoms with Gasteiger partial charge in [0.25, 0.3) is 5.89 Å². The van der Waals surface area contributed by atoms with Gasteiger partial charge in [-0.05, 0) is 24.3 Å². The van der Waals surface area contributed by atoms with Crippen LogP contribution in [0.15, 0.2) is 40.1 Å². The second-order valence-electron chi connectivity index (χ2n) is 4.37. The van der Waals surface area contributed by atoms with Crippen LogP contribution < -0.4 is 5.73 Å². The van der Waals surface area contributed by atoms with Crippen LogP contribution in [0.1, 0.15) is 11.4 Å². The lowest BCUT2D eigenvalue weighted by atomic mass is 10.2. The van der Waals surface area contributed by atoms with Gasteiger partial charge in [-0.1, -0.05) is 28.5 Å². The molecule has 3 aromatic rings. The summed E-state index contributed by atoms with van der Waals surface area (Å²) in [6, 6.07) is 9.02. The fourth-order valence-electron chi connectivity index (χ4n) is 1.69. The quantitative estimate of drug-likeness (QED) is 0.567. The molecule has 0 saturated heterocycles. The Morgan fingerprint density at radius 3 is 2.74 bits per heavy atom. The van der Waals surface area contributed by atoms with Crippen LogP contribution in [0.2, 0.25) is 5.02 Å². The van der Waals surface area contributed by atoms with Crippen LogP contribution in [0.4, 0.5) is 5.82 Å². The molecule has 0 atom stereocenters. The minimum atomic E-state index is 0.153. The summed E-state index contributed by atoms with van der Waals surface area (Å²) in [5.74, 6) is 1.49. The Bertz CT molecular complexity index is 874. The van der Waals surface area contributed by atoms with Gasteiger partial charge in [0, 0.05) is 10.6 Å². The summed E-state index contributed by atoms with van der Waals surface area (Å²) in [6.07, 6.45) is 1.39. The summed E-state index contributed by atoms with van der Waals surface area (Å²) < 4.78 is 5.21. The lowest BCUT2D eigenvalue weighted by Crippen LogP contribution is -1.98. The molecule has 2 heterocycles. The van der Waals surface area contributed by atoms with E-state index in [4.69, 9.17) is 27.1 Å². The van der Waals surface area contributed by atoms with E-state index in [9.17, 15) is 0 Å². The van der Waals surface area contributed by atoms with Gasteiger partial charge >= 0.3 is 0 Å². The molecule has 2 aromatic heterocycles. The number of anilines is 1. The number of nitrogens with two attached hydrogens (primary N) is 1. The van der Waals surface area contributed by atoms with Crippen LogP contribution in [0.3, 0.4) is 0 Å². The van der Waals surface area contributed by atoms with Gasteiger partial charge in [0.1, 0.15) is 17.5 Å². The molecule has 0 bridgehead atoms. The van der Waals surface area contributed by atoms with E-state index in [1.54, 1.807) is 24.3 Å². The largest absolute Gasteiger partial charge is 0.382 e. The van der Waals surface area contributed by atoms with Crippen molar-refractivity contribution in [3.05, 3.63) is 46.9 Å². The van der Waals surface area contributed by atoms with Crippen LogP contribution in [-0.4, -0.2) is 20.1 Å². The lowest BCUT2D eigenvalue weighted by Gasteiger charge is -1.99. The number of hydrogen-bond acceptors (Lipinski definition) is 8. The average molecular weight is 345 g/mol. The number of nitrogens with zero attached hydrogens (tertiary/aromatic N) is 5. The van der Waals surface area contributed by atoms with E-state index in [2.05, 4.69) is 20.1 Å². The number of benzene rings is 1.